The van der Waals surface area contributed by atoms with Gasteiger partial charge in [-0.2, -0.15) is 0 Å². The lowest BCUT2D eigenvalue weighted by atomic mass is 10.2. The average molecular weight is 192 g/mol. The maximum Gasteiger partial charge on any atom is 0.148 e. The first-order valence-corrected chi connectivity index (χ1v) is 5.10. The third-order valence-corrected chi connectivity index (χ3v) is 3.18. The summed E-state index contributed by atoms with van der Waals surface area (Å²) in [5.41, 5.74) is 1.75. The molecule has 3 rings (SSSR count). The van der Waals surface area contributed by atoms with E-state index in [-0.39, 0.29) is 11.4 Å². The summed E-state index contributed by atoms with van der Waals surface area (Å²) in [7, 11) is 0. The summed E-state index contributed by atoms with van der Waals surface area (Å²) in [6.45, 7) is 0.934. The van der Waals surface area contributed by atoms with Gasteiger partial charge in [-0.15, -0.1) is 0 Å². The highest BCUT2D eigenvalue weighted by molar-refractivity contribution is 5.71. The van der Waals surface area contributed by atoms with Crippen molar-refractivity contribution in [1.82, 2.24) is 0 Å². The van der Waals surface area contributed by atoms with Crippen molar-refractivity contribution in [1.29, 1.82) is 0 Å². The number of para-hydroxylation sites is 1. The van der Waals surface area contributed by atoms with Crippen LogP contribution in [0, 0.1) is 5.82 Å². The van der Waals surface area contributed by atoms with Crippen LogP contribution in [0.4, 0.5) is 15.8 Å². The van der Waals surface area contributed by atoms with E-state index in [1.165, 1.54) is 18.9 Å². The summed E-state index contributed by atoms with van der Waals surface area (Å²) in [6.07, 6.45) is 3.42. The van der Waals surface area contributed by atoms with E-state index in [2.05, 4.69) is 10.6 Å². The maximum atomic E-state index is 13.5. The van der Waals surface area contributed by atoms with Crippen LogP contribution in [0.1, 0.15) is 19.3 Å². The Morgan fingerprint density at radius 3 is 2.86 bits per heavy atom. The Morgan fingerprint density at radius 1 is 1.21 bits per heavy atom. The fourth-order valence-corrected chi connectivity index (χ4v) is 2.09. The quantitative estimate of drug-likeness (QED) is 0.660. The maximum absolute atomic E-state index is 13.5. The third kappa shape index (κ3) is 1.15. The first-order chi connectivity index (χ1) is 6.79. The van der Waals surface area contributed by atoms with E-state index in [0.717, 1.165) is 18.7 Å². The lowest BCUT2D eigenvalue weighted by molar-refractivity contribution is 0.621. The summed E-state index contributed by atoms with van der Waals surface area (Å²) < 4.78 is 13.5. The van der Waals surface area contributed by atoms with E-state index in [1.807, 2.05) is 6.07 Å². The molecule has 2 nitrogen and oxygen atoms in total. The van der Waals surface area contributed by atoms with Crippen molar-refractivity contribution in [2.75, 3.05) is 17.2 Å². The van der Waals surface area contributed by atoms with Crippen LogP contribution >= 0.6 is 0 Å². The molecule has 3 heteroatoms. The van der Waals surface area contributed by atoms with Gasteiger partial charge in [0.25, 0.3) is 0 Å². The number of hydrogen-bond donors (Lipinski definition) is 2. The standard InChI is InChI=1S/C11H13FN2/c12-8-2-1-3-9-10(8)14-11(4-5-11)6-7-13-9/h1-3,13-14H,4-7H2. The summed E-state index contributed by atoms with van der Waals surface area (Å²) >= 11 is 0. The molecule has 1 saturated carbocycles. The molecule has 1 aromatic carbocycles. The van der Waals surface area contributed by atoms with Gasteiger partial charge in [0.1, 0.15) is 5.82 Å². The highest BCUT2D eigenvalue weighted by atomic mass is 19.1. The van der Waals surface area contributed by atoms with Gasteiger partial charge in [0.15, 0.2) is 0 Å². The second-order valence-electron chi connectivity index (χ2n) is 4.24. The van der Waals surface area contributed by atoms with Gasteiger partial charge >= 0.3 is 0 Å². The van der Waals surface area contributed by atoms with Crippen molar-refractivity contribution in [2.24, 2.45) is 0 Å². The summed E-state index contributed by atoms with van der Waals surface area (Å²) in [4.78, 5) is 0. The van der Waals surface area contributed by atoms with Crippen molar-refractivity contribution in [2.45, 2.75) is 24.8 Å². The number of rotatable bonds is 0. The molecule has 0 bridgehead atoms. The van der Waals surface area contributed by atoms with Gasteiger partial charge in [-0.05, 0) is 31.4 Å². The molecule has 1 aromatic rings. The van der Waals surface area contributed by atoms with Crippen LogP contribution in [-0.4, -0.2) is 12.1 Å². The molecule has 0 aromatic heterocycles. The molecule has 2 N–H and O–H groups in total. The monoisotopic (exact) mass is 192 g/mol. The van der Waals surface area contributed by atoms with Crippen LogP contribution in [0.3, 0.4) is 0 Å². The van der Waals surface area contributed by atoms with Crippen molar-refractivity contribution >= 4 is 11.4 Å². The minimum Gasteiger partial charge on any atom is -0.383 e. The number of benzene rings is 1. The molecule has 1 spiro atoms. The van der Waals surface area contributed by atoms with E-state index in [1.54, 1.807) is 6.07 Å². The first kappa shape index (κ1) is 8.09. The molecule has 0 unspecified atom stereocenters. The molecule has 14 heavy (non-hydrogen) atoms. The minimum absolute atomic E-state index is 0.150. The molecular weight excluding hydrogens is 179 g/mol. The molecule has 0 saturated heterocycles. The summed E-state index contributed by atoms with van der Waals surface area (Å²) in [5, 5.41) is 6.60. The Bertz CT molecular complexity index is 372. The van der Waals surface area contributed by atoms with Gasteiger partial charge in [0, 0.05) is 12.1 Å². The average Bonchev–Trinajstić information content (AvgIpc) is 2.94. The Kier molecular flexibility index (Phi) is 1.52. The lowest BCUT2D eigenvalue weighted by Gasteiger charge is -2.15. The van der Waals surface area contributed by atoms with Crippen molar-refractivity contribution < 1.29 is 4.39 Å². The normalized spacial score (nSPS) is 21.8. The Labute approximate surface area is 82.5 Å². The second-order valence-corrected chi connectivity index (χ2v) is 4.24. The number of anilines is 2. The van der Waals surface area contributed by atoms with E-state index in [4.69, 9.17) is 0 Å². The van der Waals surface area contributed by atoms with Crippen LogP contribution < -0.4 is 10.6 Å². The van der Waals surface area contributed by atoms with Gasteiger partial charge in [0.2, 0.25) is 0 Å². The molecule has 0 atom stereocenters. The number of nitrogens with one attached hydrogen (secondary N) is 2. The highest BCUT2D eigenvalue weighted by Crippen LogP contribution is 2.45. The molecule has 1 fully saturated rings. The fourth-order valence-electron chi connectivity index (χ4n) is 2.09. The van der Waals surface area contributed by atoms with Gasteiger partial charge in [0.05, 0.1) is 11.4 Å². The Morgan fingerprint density at radius 2 is 2.07 bits per heavy atom. The zero-order valence-electron chi connectivity index (χ0n) is 7.94. The summed E-state index contributed by atoms with van der Waals surface area (Å²) in [6, 6.07) is 5.18. The molecule has 1 heterocycles. The third-order valence-electron chi connectivity index (χ3n) is 3.18. The fraction of sp³-hybridized carbons (Fsp3) is 0.455. The Balaban J connectivity index is 2.04. The SMILES string of the molecule is Fc1cccc2c1NC1(CCN2)CC1. The second kappa shape index (κ2) is 2.62. The molecule has 0 amide bonds. The van der Waals surface area contributed by atoms with Crippen LogP contribution in [0.25, 0.3) is 0 Å². The van der Waals surface area contributed by atoms with Crippen molar-refractivity contribution in [3.8, 4) is 0 Å². The summed E-state index contributed by atoms with van der Waals surface area (Å²) in [5.74, 6) is -0.150. The van der Waals surface area contributed by atoms with Gasteiger partial charge in [-0.25, -0.2) is 4.39 Å². The zero-order valence-corrected chi connectivity index (χ0v) is 7.94. The lowest BCUT2D eigenvalue weighted by Crippen LogP contribution is -2.21. The van der Waals surface area contributed by atoms with Crippen LogP contribution in [0.5, 0.6) is 0 Å². The van der Waals surface area contributed by atoms with E-state index in [0.29, 0.717) is 5.69 Å². The Hall–Kier alpha value is -1.25. The largest absolute Gasteiger partial charge is 0.383 e. The molecule has 1 aliphatic heterocycles. The van der Waals surface area contributed by atoms with Gasteiger partial charge < -0.3 is 10.6 Å². The van der Waals surface area contributed by atoms with Crippen molar-refractivity contribution in [3.63, 3.8) is 0 Å². The van der Waals surface area contributed by atoms with Crippen LogP contribution in [0.15, 0.2) is 18.2 Å². The van der Waals surface area contributed by atoms with Gasteiger partial charge in [-0.3, -0.25) is 0 Å². The predicted octanol–water partition coefficient (Wildman–Crippen LogP) is 2.59. The highest BCUT2D eigenvalue weighted by Gasteiger charge is 2.43. The number of halogens is 1. The first-order valence-electron chi connectivity index (χ1n) is 5.10. The zero-order chi connectivity index (χ0) is 9.60. The van der Waals surface area contributed by atoms with E-state index < -0.39 is 0 Å². The molecule has 74 valence electrons. The predicted molar refractivity (Wildman–Crippen MR) is 55.1 cm³/mol. The molecule has 0 radical (unpaired) electrons. The topological polar surface area (TPSA) is 24.1 Å². The minimum atomic E-state index is -0.150. The van der Waals surface area contributed by atoms with Crippen LogP contribution in [-0.2, 0) is 0 Å². The molecule has 1 aliphatic carbocycles. The van der Waals surface area contributed by atoms with Gasteiger partial charge in [-0.1, -0.05) is 6.07 Å². The number of hydrogen-bond acceptors (Lipinski definition) is 2. The van der Waals surface area contributed by atoms with Crippen molar-refractivity contribution in [3.05, 3.63) is 24.0 Å². The van der Waals surface area contributed by atoms with Crippen LogP contribution in [0.2, 0.25) is 0 Å². The molecule has 2 aliphatic rings. The molecular formula is C11H13FN2. The number of fused-ring (bicyclic) bond motifs is 1. The smallest absolute Gasteiger partial charge is 0.148 e. The van der Waals surface area contributed by atoms with E-state index >= 15 is 0 Å². The van der Waals surface area contributed by atoms with E-state index in [9.17, 15) is 4.39 Å².